The Morgan fingerprint density at radius 3 is 2.79 bits per heavy atom. The van der Waals surface area contributed by atoms with Crippen LogP contribution in [0.2, 0.25) is 0 Å². The van der Waals surface area contributed by atoms with Crippen LogP contribution in [0.4, 0.5) is 0 Å². The Kier molecular flexibility index (Phi) is 3.21. The van der Waals surface area contributed by atoms with Crippen LogP contribution in [0.15, 0.2) is 34.8 Å². The monoisotopic (exact) mass is 331 g/mol. The maximum atomic E-state index is 13.0. The van der Waals surface area contributed by atoms with Crippen molar-refractivity contribution >= 4 is 16.7 Å². The summed E-state index contributed by atoms with van der Waals surface area (Å²) >= 11 is 0. The van der Waals surface area contributed by atoms with Crippen molar-refractivity contribution in [1.29, 1.82) is 0 Å². The third-order valence-corrected chi connectivity index (χ3v) is 4.72. The molecule has 1 saturated heterocycles. The summed E-state index contributed by atoms with van der Waals surface area (Å²) < 4.78 is 24.1. The van der Waals surface area contributed by atoms with Crippen LogP contribution >= 0.6 is 0 Å². The van der Waals surface area contributed by atoms with Crippen LogP contribution in [0.25, 0.3) is 16.7 Å². The normalized spacial score (nSPS) is 25.7. The molecular weight excluding hydrogens is 314 g/mol. The van der Waals surface area contributed by atoms with Gasteiger partial charge in [0, 0.05) is 19.5 Å². The van der Waals surface area contributed by atoms with Gasteiger partial charge in [-0.2, -0.15) is 0 Å². The minimum Gasteiger partial charge on any atom is -0.504 e. The van der Waals surface area contributed by atoms with Gasteiger partial charge in [-0.25, -0.2) is 0 Å². The highest BCUT2D eigenvalue weighted by Gasteiger charge is 2.58. The van der Waals surface area contributed by atoms with Crippen molar-refractivity contribution in [3.8, 4) is 0 Å². The van der Waals surface area contributed by atoms with Crippen LogP contribution in [-0.2, 0) is 31.8 Å². The molecule has 0 amide bonds. The van der Waals surface area contributed by atoms with Gasteiger partial charge in [-0.15, -0.1) is 0 Å². The van der Waals surface area contributed by atoms with Crippen molar-refractivity contribution in [3.05, 3.63) is 51.5 Å². The van der Waals surface area contributed by atoms with Gasteiger partial charge in [0.15, 0.2) is 24.4 Å². The minimum absolute atomic E-state index is 0.0426. The molecule has 1 fully saturated rings. The van der Waals surface area contributed by atoms with Crippen molar-refractivity contribution in [2.75, 3.05) is 21.0 Å². The molecule has 1 aromatic heterocycles. The van der Waals surface area contributed by atoms with Gasteiger partial charge in [-0.3, -0.25) is 4.79 Å². The molecule has 7 heteroatoms. The van der Waals surface area contributed by atoms with E-state index in [9.17, 15) is 9.90 Å². The van der Waals surface area contributed by atoms with E-state index < -0.39 is 11.9 Å². The van der Waals surface area contributed by atoms with Gasteiger partial charge in [0.1, 0.15) is 0 Å². The number of methoxy groups -OCH3 is 2. The minimum atomic E-state index is -1.36. The quantitative estimate of drug-likeness (QED) is 0.900. The van der Waals surface area contributed by atoms with Gasteiger partial charge in [-0.1, -0.05) is 12.1 Å². The second-order valence-electron chi connectivity index (χ2n) is 5.73. The number of nitrogens with zero attached hydrogens (tertiary/aromatic N) is 1. The Balaban J connectivity index is 2.23. The Bertz CT molecular complexity index is 931. The third-order valence-electron chi connectivity index (χ3n) is 4.72. The van der Waals surface area contributed by atoms with E-state index in [1.54, 1.807) is 23.7 Å². The van der Waals surface area contributed by atoms with E-state index in [0.717, 1.165) is 0 Å². The van der Waals surface area contributed by atoms with Crippen molar-refractivity contribution in [3.63, 3.8) is 0 Å². The van der Waals surface area contributed by atoms with Crippen LogP contribution in [0.1, 0.15) is 11.3 Å². The summed E-state index contributed by atoms with van der Waals surface area (Å²) in [5.41, 5.74) is 0.919. The van der Waals surface area contributed by atoms with Crippen LogP contribution in [0.5, 0.6) is 0 Å². The molecule has 1 N–H and O–H groups in total. The van der Waals surface area contributed by atoms with Crippen LogP contribution in [-0.4, -0.2) is 36.8 Å². The number of aliphatic hydroxyl groups is 1. The zero-order valence-corrected chi connectivity index (χ0v) is 13.5. The first kappa shape index (κ1) is 15.2. The molecule has 0 saturated carbocycles. The second-order valence-corrected chi connectivity index (χ2v) is 5.73. The Morgan fingerprint density at radius 2 is 2.08 bits per heavy atom. The lowest BCUT2D eigenvalue weighted by Gasteiger charge is -2.38. The molecule has 2 aromatic rings. The summed E-state index contributed by atoms with van der Waals surface area (Å²) in [6.07, 6.45) is -0.799. The van der Waals surface area contributed by atoms with Gasteiger partial charge < -0.3 is 28.6 Å². The summed E-state index contributed by atoms with van der Waals surface area (Å²) in [4.78, 5) is 13.0. The molecule has 4 rings (SSSR count). The van der Waals surface area contributed by atoms with E-state index in [-0.39, 0.29) is 29.3 Å². The molecule has 24 heavy (non-hydrogen) atoms. The fourth-order valence-electron chi connectivity index (χ4n) is 3.65. The molecule has 2 heterocycles. The lowest BCUT2D eigenvalue weighted by atomic mass is 9.89. The van der Waals surface area contributed by atoms with E-state index in [4.69, 9.17) is 18.9 Å². The SMILES string of the molecule is COC1=C(O)c2c(n(C)c3ccccc3c2=O)C2(OC)OCOC12. The van der Waals surface area contributed by atoms with Crippen LogP contribution in [0.3, 0.4) is 0 Å². The molecule has 7 nitrogen and oxygen atoms in total. The van der Waals surface area contributed by atoms with Gasteiger partial charge in [0.05, 0.1) is 23.9 Å². The predicted octanol–water partition coefficient (Wildman–Crippen LogP) is 1.60. The van der Waals surface area contributed by atoms with Crippen molar-refractivity contribution in [2.45, 2.75) is 11.9 Å². The average Bonchev–Trinajstić information content (AvgIpc) is 3.04. The third kappa shape index (κ3) is 1.64. The first-order chi connectivity index (χ1) is 11.6. The number of para-hydroxylation sites is 1. The summed E-state index contributed by atoms with van der Waals surface area (Å²) in [6.45, 7) is -0.0426. The maximum absolute atomic E-state index is 13.0. The van der Waals surface area contributed by atoms with E-state index in [0.29, 0.717) is 16.6 Å². The molecule has 0 radical (unpaired) electrons. The highest BCUT2D eigenvalue weighted by atomic mass is 16.8. The van der Waals surface area contributed by atoms with Crippen molar-refractivity contribution in [2.24, 2.45) is 7.05 Å². The Hall–Kier alpha value is -2.35. The number of rotatable bonds is 2. The van der Waals surface area contributed by atoms with Crippen LogP contribution < -0.4 is 5.43 Å². The standard InChI is InChI=1S/C17H17NO6/c1-18-10-7-5-4-6-9(10)12(19)11-13(20)14(21-2)16-17(22-3,15(11)18)24-8-23-16/h4-7,16,20H,8H2,1-3H3. The molecule has 2 unspecified atom stereocenters. The number of pyridine rings is 1. The highest BCUT2D eigenvalue weighted by Crippen LogP contribution is 2.47. The van der Waals surface area contributed by atoms with E-state index in [2.05, 4.69) is 0 Å². The number of fused-ring (bicyclic) bond motifs is 4. The molecule has 1 aliphatic carbocycles. The van der Waals surface area contributed by atoms with Gasteiger partial charge >= 0.3 is 0 Å². The average molecular weight is 331 g/mol. The van der Waals surface area contributed by atoms with Crippen LogP contribution in [0, 0.1) is 0 Å². The summed E-state index contributed by atoms with van der Waals surface area (Å²) in [7, 11) is 4.68. The molecule has 1 aliphatic heterocycles. The number of aryl methyl sites for hydroxylation is 1. The largest absolute Gasteiger partial charge is 0.504 e. The predicted molar refractivity (Wildman–Crippen MR) is 85.3 cm³/mol. The van der Waals surface area contributed by atoms with Gasteiger partial charge in [-0.05, 0) is 12.1 Å². The van der Waals surface area contributed by atoms with E-state index in [1.165, 1.54) is 14.2 Å². The lowest BCUT2D eigenvalue weighted by Crippen LogP contribution is -2.47. The number of hydrogen-bond acceptors (Lipinski definition) is 6. The van der Waals surface area contributed by atoms with Gasteiger partial charge in [0.25, 0.3) is 0 Å². The van der Waals surface area contributed by atoms with Crippen molar-refractivity contribution < 1.29 is 24.1 Å². The fourth-order valence-corrected chi connectivity index (χ4v) is 3.65. The molecular formula is C17H17NO6. The van der Waals surface area contributed by atoms with E-state index in [1.807, 2.05) is 12.1 Å². The molecule has 0 spiro atoms. The number of hydrogen-bond donors (Lipinski definition) is 1. The summed E-state index contributed by atoms with van der Waals surface area (Å²) in [5, 5.41) is 11.2. The number of aromatic nitrogens is 1. The lowest BCUT2D eigenvalue weighted by molar-refractivity contribution is -0.215. The zero-order chi connectivity index (χ0) is 17.1. The smallest absolute Gasteiger partial charge is 0.248 e. The number of aliphatic hydroxyl groups excluding tert-OH is 1. The fraction of sp³-hybridized carbons (Fsp3) is 0.353. The Morgan fingerprint density at radius 1 is 1.33 bits per heavy atom. The molecule has 2 aliphatic rings. The molecule has 2 atom stereocenters. The molecule has 126 valence electrons. The first-order valence-electron chi connectivity index (χ1n) is 7.47. The molecule has 1 aromatic carbocycles. The first-order valence-corrected chi connectivity index (χ1v) is 7.47. The Labute approximate surface area is 137 Å². The zero-order valence-electron chi connectivity index (χ0n) is 13.5. The summed E-state index contributed by atoms with van der Waals surface area (Å²) in [6, 6.07) is 7.17. The van der Waals surface area contributed by atoms with E-state index >= 15 is 0 Å². The number of ether oxygens (including phenoxy) is 4. The summed E-state index contributed by atoms with van der Waals surface area (Å²) in [5.74, 6) is -1.48. The second kappa shape index (κ2) is 5.07. The van der Waals surface area contributed by atoms with Gasteiger partial charge in [0.2, 0.25) is 11.2 Å². The van der Waals surface area contributed by atoms with Crippen molar-refractivity contribution in [1.82, 2.24) is 4.57 Å². The topological polar surface area (TPSA) is 79.2 Å². The maximum Gasteiger partial charge on any atom is 0.248 e. The highest BCUT2D eigenvalue weighted by molar-refractivity contribution is 5.84. The molecule has 0 bridgehead atoms. The number of benzene rings is 1.